The molecule has 0 amide bonds. The molecule has 0 aromatic rings. The van der Waals surface area contributed by atoms with Crippen molar-refractivity contribution >= 4 is 0 Å². The maximum atomic E-state index is 12.1. The number of halogens is 12. The molecule has 57 heavy (non-hydrogen) atoms. The molecule has 0 radical (unpaired) electrons. The van der Waals surface area contributed by atoms with E-state index in [0.29, 0.717) is 18.8 Å². The molecule has 0 aromatic carbocycles. The largest absolute Gasteiger partial charge is 0.394 e. The van der Waals surface area contributed by atoms with Crippen molar-refractivity contribution in [2.24, 2.45) is 58.2 Å². The van der Waals surface area contributed by atoms with Crippen LogP contribution in [0.2, 0.25) is 0 Å². The molecule has 3 aliphatic rings. The minimum atomic E-state index is -4.08. The highest BCUT2D eigenvalue weighted by molar-refractivity contribution is 5.01. The second-order valence-corrected chi connectivity index (χ2v) is 18.6. The second-order valence-electron chi connectivity index (χ2n) is 18.6. The van der Waals surface area contributed by atoms with E-state index in [9.17, 15) is 57.8 Å². The first-order chi connectivity index (χ1) is 24.1. The lowest BCUT2D eigenvalue weighted by molar-refractivity contribution is -0.225. The fraction of sp³-hybridized carbons (Fsp3) is 1.00. The maximum Gasteiger partial charge on any atom is 0.394 e. The van der Waals surface area contributed by atoms with Crippen LogP contribution in [0, 0.1) is 58.2 Å². The van der Waals surface area contributed by atoms with Crippen molar-refractivity contribution in [3.05, 3.63) is 0 Å². The van der Waals surface area contributed by atoms with E-state index in [-0.39, 0.29) is 44.1 Å². The molecule has 3 aliphatic carbocycles. The third kappa shape index (κ3) is 31.6. The fourth-order valence-corrected chi connectivity index (χ4v) is 3.99. The van der Waals surface area contributed by atoms with Gasteiger partial charge in [0.2, 0.25) is 5.92 Å². The normalized spacial score (nSPS) is 17.6. The zero-order valence-corrected chi connectivity index (χ0v) is 37.3. The Morgan fingerprint density at radius 3 is 0.912 bits per heavy atom. The van der Waals surface area contributed by atoms with E-state index < -0.39 is 53.8 Å². The van der Waals surface area contributed by atoms with Crippen LogP contribution in [0.25, 0.3) is 0 Å². The fourth-order valence-electron chi connectivity index (χ4n) is 3.99. The van der Waals surface area contributed by atoms with Crippen LogP contribution >= 0.6 is 0 Å². The third-order valence-corrected chi connectivity index (χ3v) is 11.1. The summed E-state index contributed by atoms with van der Waals surface area (Å²) in [4.78, 5) is 0. The van der Waals surface area contributed by atoms with Crippen LogP contribution in [0.3, 0.4) is 0 Å². The summed E-state index contributed by atoms with van der Waals surface area (Å²) in [6, 6.07) is 0. The highest BCUT2D eigenvalue weighted by atomic mass is 19.4. The van der Waals surface area contributed by atoms with E-state index in [0.717, 1.165) is 31.6 Å². The molecule has 3 fully saturated rings. The van der Waals surface area contributed by atoms with Crippen molar-refractivity contribution < 1.29 is 57.8 Å². The van der Waals surface area contributed by atoms with E-state index in [2.05, 4.69) is 27.7 Å². The molecular weight excluding hydrogens is 772 g/mol. The highest BCUT2D eigenvalue weighted by Gasteiger charge is 2.64. The van der Waals surface area contributed by atoms with Gasteiger partial charge in [-0.2, -0.15) is 39.5 Å². The van der Waals surface area contributed by atoms with Crippen LogP contribution in [0.1, 0.15) is 191 Å². The van der Waals surface area contributed by atoms with E-state index in [4.69, 9.17) is 0 Å². The molecular formula is C44H88F12O. The van der Waals surface area contributed by atoms with Crippen molar-refractivity contribution in [1.82, 2.24) is 0 Å². The smallest absolute Gasteiger partial charge is 0.390 e. The quantitative estimate of drug-likeness (QED) is 0.253. The van der Waals surface area contributed by atoms with Crippen molar-refractivity contribution in [2.45, 2.75) is 227 Å². The molecule has 3 rings (SSSR count). The third-order valence-electron chi connectivity index (χ3n) is 11.1. The van der Waals surface area contributed by atoms with Crippen LogP contribution in [-0.4, -0.2) is 41.3 Å². The molecule has 1 unspecified atom stereocenters. The Morgan fingerprint density at radius 2 is 0.912 bits per heavy atom. The summed E-state index contributed by atoms with van der Waals surface area (Å²) >= 11 is 0. The van der Waals surface area contributed by atoms with Gasteiger partial charge in [-0.25, -0.2) is 13.2 Å². The monoisotopic (exact) mass is 861 g/mol. The lowest BCUT2D eigenvalue weighted by Crippen LogP contribution is -2.41. The van der Waals surface area contributed by atoms with Gasteiger partial charge in [0.05, 0.1) is 22.6 Å². The molecule has 1 nitrogen and oxygen atoms in total. The summed E-state index contributed by atoms with van der Waals surface area (Å²) < 4.78 is 142. The minimum absolute atomic E-state index is 0. The predicted octanol–water partition coefficient (Wildman–Crippen LogP) is 18.0. The number of aliphatic hydroxyl groups is 1. The van der Waals surface area contributed by atoms with E-state index in [1.165, 1.54) is 47.0 Å². The van der Waals surface area contributed by atoms with Crippen molar-refractivity contribution in [3.8, 4) is 0 Å². The Hall–Kier alpha value is -0.880. The van der Waals surface area contributed by atoms with Crippen LogP contribution in [0.15, 0.2) is 0 Å². The summed E-state index contributed by atoms with van der Waals surface area (Å²) in [5.74, 6) is -1.24. The lowest BCUT2D eigenvalue weighted by Gasteiger charge is -2.40. The molecule has 0 aromatic heterocycles. The molecule has 1 N–H and O–H groups in total. The minimum Gasteiger partial charge on any atom is -0.390 e. The Bertz CT molecular complexity index is 906. The molecule has 0 spiro atoms. The van der Waals surface area contributed by atoms with E-state index in [1.54, 1.807) is 48.5 Å². The number of alkyl halides is 12. The Balaban J connectivity index is -0.000000133. The first kappa shape index (κ1) is 67.9. The van der Waals surface area contributed by atoms with Gasteiger partial charge in [0.15, 0.2) is 0 Å². The SMILES string of the molecule is C.C.CC(C)C(C)(C)C(F)(F)F.CC(C)C(C)(F)F.CC(C)C(C)F.CC(C)C1(C(F)(F)F)CC1.CC(C)C1(O)CCC1.CC(C)C1CC1.CC(C)CC(F)(F)F. The van der Waals surface area contributed by atoms with Crippen LogP contribution in [0.5, 0.6) is 0 Å². The average Bonchev–Trinajstić information content (AvgIpc) is 3.83. The van der Waals surface area contributed by atoms with Gasteiger partial charge in [0, 0.05) is 12.3 Å². The van der Waals surface area contributed by atoms with E-state index >= 15 is 0 Å². The zero-order chi connectivity index (χ0) is 45.4. The first-order valence-electron chi connectivity index (χ1n) is 20.0. The van der Waals surface area contributed by atoms with Gasteiger partial charge in [-0.15, -0.1) is 0 Å². The molecule has 0 aliphatic heterocycles. The van der Waals surface area contributed by atoms with E-state index in [1.807, 2.05) is 13.8 Å². The van der Waals surface area contributed by atoms with Gasteiger partial charge < -0.3 is 5.11 Å². The molecule has 0 heterocycles. The predicted molar refractivity (Wildman–Crippen MR) is 218 cm³/mol. The summed E-state index contributed by atoms with van der Waals surface area (Å²) in [7, 11) is 0. The summed E-state index contributed by atoms with van der Waals surface area (Å²) in [5, 5.41) is 9.49. The van der Waals surface area contributed by atoms with Gasteiger partial charge in [0.25, 0.3) is 0 Å². The molecule has 3 saturated carbocycles. The Kier molecular flexibility index (Phi) is 33.2. The van der Waals surface area contributed by atoms with Gasteiger partial charge in [-0.05, 0) is 100 Å². The average molecular weight is 861 g/mol. The highest BCUT2D eigenvalue weighted by Crippen LogP contribution is 2.62. The number of hydrogen-bond acceptors (Lipinski definition) is 1. The van der Waals surface area contributed by atoms with Crippen molar-refractivity contribution in [1.29, 1.82) is 0 Å². The summed E-state index contributed by atoms with van der Waals surface area (Å²) in [6.45, 7) is 30.0. The summed E-state index contributed by atoms with van der Waals surface area (Å²) in [5.41, 5.74) is -3.15. The Morgan fingerprint density at radius 1 is 0.579 bits per heavy atom. The lowest BCUT2D eigenvalue weighted by atomic mass is 9.73. The number of rotatable bonds is 7. The molecule has 13 heteroatoms. The second kappa shape index (κ2) is 27.9. The van der Waals surface area contributed by atoms with Crippen molar-refractivity contribution in [3.63, 3.8) is 0 Å². The van der Waals surface area contributed by atoms with Crippen LogP contribution in [0.4, 0.5) is 52.7 Å². The van der Waals surface area contributed by atoms with Gasteiger partial charge in [-0.1, -0.05) is 126 Å². The number of hydrogen-bond donors (Lipinski definition) is 1. The summed E-state index contributed by atoms with van der Waals surface area (Å²) in [6.07, 6.45) is -6.45. The van der Waals surface area contributed by atoms with Gasteiger partial charge in [0.1, 0.15) is 0 Å². The molecule has 0 saturated heterocycles. The molecule has 1 atom stereocenters. The zero-order valence-electron chi connectivity index (χ0n) is 37.3. The van der Waals surface area contributed by atoms with Crippen molar-refractivity contribution in [2.75, 3.05) is 0 Å². The topological polar surface area (TPSA) is 20.2 Å². The van der Waals surface area contributed by atoms with Gasteiger partial charge in [-0.3, -0.25) is 0 Å². The standard InChI is InChI=1S/C7H11F3.C7H13F3.C7H14O.C6H12.C5H9F3.C5H10F2.C5H11F.2CH4/c1-5(2)6(3-4-6)7(8,9)10;1-5(2)6(3,4)7(8,9)10;1-6(2)7(8)4-3-5-7;1-5(2)6-3-4-6;1-4(2)3-5(6,7)8;1-4(2)5(3,6)7;1-4(2)5(3)6;;/h5H,3-4H2,1-2H3;5H,1-4H3;6,8H,3-5H2,1-2H3;5-6H,3-4H2,1-2H3;4H,3H2,1-2H3;4H,1-3H3;4-5H,1-3H3;2*1H4. The maximum absolute atomic E-state index is 12.1. The van der Waals surface area contributed by atoms with Crippen LogP contribution < -0.4 is 0 Å². The molecule has 0 bridgehead atoms. The van der Waals surface area contributed by atoms with Crippen LogP contribution in [-0.2, 0) is 0 Å². The Labute approximate surface area is 342 Å². The van der Waals surface area contributed by atoms with Gasteiger partial charge >= 0.3 is 18.5 Å². The molecule has 354 valence electrons. The first-order valence-corrected chi connectivity index (χ1v) is 20.0.